The molecule has 1 aliphatic rings. The van der Waals surface area contributed by atoms with Crippen LogP contribution in [0.2, 0.25) is 0 Å². The van der Waals surface area contributed by atoms with Crippen molar-refractivity contribution in [1.82, 2.24) is 0 Å². The van der Waals surface area contributed by atoms with Gasteiger partial charge in [0.05, 0.1) is 91.2 Å². The number of allylic oxidation sites excluding steroid dienone is 5. The second kappa shape index (κ2) is 51.4. The molecule has 0 unspecified atom stereocenters. The first-order valence-electron chi connectivity index (χ1n) is 40.2. The fourth-order valence-electron chi connectivity index (χ4n) is 13.2. The number of hydrogen-bond acceptors (Lipinski definition) is 10. The summed E-state index contributed by atoms with van der Waals surface area (Å²) in [5.41, 5.74) is 7.95. The molecule has 0 saturated carbocycles. The quantitative estimate of drug-likeness (QED) is 0.0342. The predicted octanol–water partition coefficient (Wildman–Crippen LogP) is 27.1. The molecule has 5 aromatic rings. The van der Waals surface area contributed by atoms with Gasteiger partial charge in [0.2, 0.25) is 0 Å². The van der Waals surface area contributed by atoms with Crippen molar-refractivity contribution in [2.45, 2.75) is 279 Å². The molecular weight excluding hydrogens is 1270 g/mol. The average molecular weight is 1390 g/mol. The highest BCUT2D eigenvalue weighted by Gasteiger charge is 2.17. The number of nitriles is 5. The Morgan fingerprint density at radius 3 is 0.485 bits per heavy atom. The molecule has 0 spiro atoms. The monoisotopic (exact) mass is 1390 g/mol. The number of nitrogens with zero attached hydrogens (tertiary/aromatic N) is 5. The van der Waals surface area contributed by atoms with Crippen LogP contribution >= 0.6 is 0 Å². The summed E-state index contributed by atoms with van der Waals surface area (Å²) in [6.45, 7) is 13.6. The van der Waals surface area contributed by atoms with Crippen molar-refractivity contribution in [2.24, 2.45) is 0 Å². The van der Waals surface area contributed by atoms with Crippen LogP contribution in [-0.4, -0.2) is 33.0 Å². The molecule has 0 radical (unpaired) electrons. The summed E-state index contributed by atoms with van der Waals surface area (Å²) in [5.74, 6) is 2.84. The summed E-state index contributed by atoms with van der Waals surface area (Å²) in [5, 5.41) is 56.5. The zero-order valence-corrected chi connectivity index (χ0v) is 63.7. The first kappa shape index (κ1) is 83.2. The molecule has 10 bridgehead atoms. The van der Waals surface area contributed by atoms with E-state index in [4.69, 9.17) is 23.7 Å². The van der Waals surface area contributed by atoms with Gasteiger partial charge < -0.3 is 23.7 Å². The molecule has 10 nitrogen and oxygen atoms in total. The van der Waals surface area contributed by atoms with E-state index >= 15 is 0 Å². The van der Waals surface area contributed by atoms with Crippen molar-refractivity contribution in [2.75, 3.05) is 33.0 Å². The fourth-order valence-corrected chi connectivity index (χ4v) is 13.2. The minimum absolute atomic E-state index is 0.345. The number of fused-ring (bicyclic) bond motifs is 10. The van der Waals surface area contributed by atoms with Gasteiger partial charge in [0.25, 0.3) is 0 Å². The van der Waals surface area contributed by atoms with Gasteiger partial charge in [-0.15, -0.1) is 0 Å². The van der Waals surface area contributed by atoms with E-state index in [-0.39, 0.29) is 0 Å². The SMILES string of the molecule is CCCCCCCCCCOc1cc2cc(c1)/C(C#N)=C/c1cc(OCCCCCCCCCC)cc(c1)/C(C#N)=C/c1cc(OCCCCCCCCCC)cc(c1)/C(C#N)=C/c1cc(OCCCCCCCCCC)cc(c1)/C(C#N)=C/c1cc(OCCCCCCCC)cc(c1)C(C#N)=C2. The summed E-state index contributed by atoms with van der Waals surface area (Å²) in [6, 6.07) is 41.3. The normalized spacial score (nSPS) is 14.1. The lowest BCUT2D eigenvalue weighted by Crippen LogP contribution is -2.00. The van der Waals surface area contributed by atoms with Crippen LogP contribution in [0.5, 0.6) is 28.7 Å². The van der Waals surface area contributed by atoms with E-state index in [1.165, 1.54) is 148 Å². The van der Waals surface area contributed by atoms with Crippen LogP contribution < -0.4 is 23.7 Å². The van der Waals surface area contributed by atoms with Crippen molar-refractivity contribution in [1.29, 1.82) is 26.3 Å². The van der Waals surface area contributed by atoms with E-state index in [0.29, 0.717) is 145 Å². The lowest BCUT2D eigenvalue weighted by molar-refractivity contribution is 0.304. The molecule has 0 amide bonds. The maximum Gasteiger partial charge on any atom is 0.120 e. The van der Waals surface area contributed by atoms with Gasteiger partial charge >= 0.3 is 0 Å². The molecule has 6 rings (SSSR count). The van der Waals surface area contributed by atoms with Crippen LogP contribution in [0.1, 0.15) is 334 Å². The van der Waals surface area contributed by atoms with Crippen LogP contribution in [0.25, 0.3) is 58.2 Å². The molecule has 548 valence electrons. The van der Waals surface area contributed by atoms with Gasteiger partial charge in [0.1, 0.15) is 28.7 Å². The van der Waals surface area contributed by atoms with E-state index in [1.807, 2.05) is 121 Å². The molecule has 0 N–H and O–H groups in total. The molecule has 0 aliphatic heterocycles. The first-order chi connectivity index (χ1) is 50.7. The Bertz CT molecular complexity index is 3640. The van der Waals surface area contributed by atoms with Crippen LogP contribution in [0.15, 0.2) is 91.0 Å². The van der Waals surface area contributed by atoms with Crippen LogP contribution in [0, 0.1) is 56.7 Å². The Morgan fingerprint density at radius 1 is 0.194 bits per heavy atom. The third-order valence-corrected chi connectivity index (χ3v) is 19.2. The minimum Gasteiger partial charge on any atom is -0.494 e. The number of unbranched alkanes of at least 4 members (excludes halogenated alkanes) is 33. The third kappa shape index (κ3) is 32.6. The Labute approximate surface area is 622 Å². The van der Waals surface area contributed by atoms with E-state index in [0.717, 1.165) is 96.3 Å². The molecule has 1 aliphatic carbocycles. The smallest absolute Gasteiger partial charge is 0.120 e. The minimum atomic E-state index is 0.345. The second-order valence-electron chi connectivity index (χ2n) is 28.2. The maximum atomic E-state index is 11.3. The topological polar surface area (TPSA) is 165 Å². The molecule has 0 atom stereocenters. The molecule has 0 saturated heterocycles. The van der Waals surface area contributed by atoms with Crippen molar-refractivity contribution in [3.63, 3.8) is 0 Å². The fraction of sp³-hybridized carbons (Fsp3) is 0.516. The number of hydrogen-bond donors (Lipinski definition) is 0. The molecular formula is C93H121N5O5. The molecule has 103 heavy (non-hydrogen) atoms. The Balaban J connectivity index is 1.58. The molecule has 0 fully saturated rings. The summed E-state index contributed by atoms with van der Waals surface area (Å²) < 4.78 is 33.0. The zero-order chi connectivity index (χ0) is 73.2. The lowest BCUT2D eigenvalue weighted by atomic mass is 9.96. The van der Waals surface area contributed by atoms with Gasteiger partial charge in [-0.1, -0.05) is 247 Å². The highest BCUT2D eigenvalue weighted by Crippen LogP contribution is 2.36. The number of rotatable bonds is 48. The van der Waals surface area contributed by atoms with Crippen molar-refractivity contribution in [3.05, 3.63) is 147 Å². The maximum absolute atomic E-state index is 11.3. The number of benzene rings is 5. The first-order valence-corrected chi connectivity index (χ1v) is 40.2. The highest BCUT2D eigenvalue weighted by molar-refractivity contribution is 5.98. The van der Waals surface area contributed by atoms with E-state index in [9.17, 15) is 26.3 Å². The lowest BCUT2D eigenvalue weighted by Gasteiger charge is -2.13. The number of ether oxygens (including phenoxy) is 5. The van der Waals surface area contributed by atoms with Crippen LogP contribution in [0.4, 0.5) is 0 Å². The Morgan fingerprint density at radius 2 is 0.340 bits per heavy atom. The van der Waals surface area contributed by atoms with Gasteiger partial charge in [-0.25, -0.2) is 0 Å². The summed E-state index contributed by atoms with van der Waals surface area (Å²) in [7, 11) is 0. The predicted molar refractivity (Wildman–Crippen MR) is 431 cm³/mol. The Kier molecular flexibility index (Phi) is 41.5. The standard InChI is InChI=1S/C93H121N5O5/c1-6-11-16-21-26-30-35-40-45-100-90-60-75-50-81(66-90)86(71-96)57-77-52-83(68-92(62-77)102-47-42-37-32-28-23-18-13-8-3)88(73-98)58-78-53-82(67-93(63-78)103-48-43-38-33-29-24-19-14-9-4)87(72-97)56-76-51-80(65-91(61-76)101-46-41-36-31-27-22-17-12-7-2)85(70-95)54-74-49-79(84(55-75)69-94)64-89(59-74)99-44-39-34-25-20-15-10-5/h49-68H,6-48H2,1-5H3/b84-55?,85-54+,86-57+,87-56+,88-58+. The van der Waals surface area contributed by atoms with E-state index in [2.05, 4.69) is 65.0 Å². The third-order valence-electron chi connectivity index (χ3n) is 19.2. The molecule has 0 heterocycles. The largest absolute Gasteiger partial charge is 0.494 e. The van der Waals surface area contributed by atoms with Gasteiger partial charge in [-0.05, 0) is 209 Å². The van der Waals surface area contributed by atoms with E-state index in [1.54, 1.807) is 0 Å². The van der Waals surface area contributed by atoms with Gasteiger partial charge in [-0.3, -0.25) is 0 Å². The van der Waals surface area contributed by atoms with Gasteiger partial charge in [0, 0.05) is 0 Å². The van der Waals surface area contributed by atoms with Crippen molar-refractivity contribution < 1.29 is 23.7 Å². The van der Waals surface area contributed by atoms with Gasteiger partial charge in [0.15, 0.2) is 0 Å². The van der Waals surface area contributed by atoms with Gasteiger partial charge in [-0.2, -0.15) is 26.3 Å². The van der Waals surface area contributed by atoms with Crippen LogP contribution in [-0.2, 0) is 0 Å². The molecule has 10 heteroatoms. The summed E-state index contributed by atoms with van der Waals surface area (Å²) >= 11 is 0. The van der Waals surface area contributed by atoms with Crippen molar-refractivity contribution in [3.8, 4) is 59.1 Å². The zero-order valence-electron chi connectivity index (χ0n) is 63.7. The van der Waals surface area contributed by atoms with Crippen molar-refractivity contribution >= 4 is 58.2 Å². The highest BCUT2D eigenvalue weighted by atomic mass is 16.5. The van der Waals surface area contributed by atoms with Crippen LogP contribution in [0.3, 0.4) is 0 Å². The summed E-state index contributed by atoms with van der Waals surface area (Å²) in [6.07, 6.45) is 52.6. The summed E-state index contributed by atoms with van der Waals surface area (Å²) in [4.78, 5) is 0. The average Bonchev–Trinajstić information content (AvgIpc) is 0.854. The molecule has 5 aromatic carbocycles. The molecule has 0 aromatic heterocycles. The Hall–Kier alpha value is -8.75. The van der Waals surface area contributed by atoms with E-state index < -0.39 is 0 Å². The second-order valence-corrected chi connectivity index (χ2v) is 28.2.